The van der Waals surface area contributed by atoms with Crippen LogP contribution in [-0.2, 0) is 9.59 Å². The standard InChI is InChI=1S/C17H24N2O2/c1-12-9-10-14(11-13(12)2)18-16(20)17(21)19(3)15-7-5-4-6-8-15/h9-11,15H,4-8H2,1-3H3,(H,18,20). The number of anilines is 1. The predicted octanol–water partition coefficient (Wildman–Crippen LogP) is 3.03. The second-order valence-electron chi connectivity index (χ2n) is 5.96. The number of nitrogens with one attached hydrogen (secondary N) is 1. The molecule has 0 atom stereocenters. The van der Waals surface area contributed by atoms with Crippen molar-refractivity contribution in [3.05, 3.63) is 29.3 Å². The maximum atomic E-state index is 12.2. The van der Waals surface area contributed by atoms with E-state index >= 15 is 0 Å². The van der Waals surface area contributed by atoms with Crippen molar-refractivity contribution in [2.45, 2.75) is 52.0 Å². The number of nitrogens with zero attached hydrogens (tertiary/aromatic N) is 1. The van der Waals surface area contributed by atoms with Crippen LogP contribution in [0.3, 0.4) is 0 Å². The Morgan fingerprint density at radius 3 is 2.38 bits per heavy atom. The van der Waals surface area contributed by atoms with E-state index in [-0.39, 0.29) is 6.04 Å². The SMILES string of the molecule is Cc1ccc(NC(=O)C(=O)N(C)C2CCCCC2)cc1C. The monoisotopic (exact) mass is 288 g/mol. The number of hydrogen-bond acceptors (Lipinski definition) is 2. The van der Waals surface area contributed by atoms with E-state index in [9.17, 15) is 9.59 Å². The van der Waals surface area contributed by atoms with Crippen molar-refractivity contribution in [1.29, 1.82) is 0 Å². The van der Waals surface area contributed by atoms with Gasteiger partial charge in [-0.1, -0.05) is 25.3 Å². The second kappa shape index (κ2) is 6.74. The Morgan fingerprint density at radius 2 is 1.76 bits per heavy atom. The van der Waals surface area contributed by atoms with Gasteiger partial charge < -0.3 is 10.2 Å². The minimum Gasteiger partial charge on any atom is -0.335 e. The van der Waals surface area contributed by atoms with E-state index in [4.69, 9.17) is 0 Å². The van der Waals surface area contributed by atoms with Gasteiger partial charge in [-0.25, -0.2) is 0 Å². The third-order valence-corrected chi connectivity index (χ3v) is 4.40. The Balaban J connectivity index is 1.98. The highest BCUT2D eigenvalue weighted by Crippen LogP contribution is 2.22. The highest BCUT2D eigenvalue weighted by atomic mass is 16.2. The molecule has 1 aliphatic rings. The topological polar surface area (TPSA) is 49.4 Å². The zero-order chi connectivity index (χ0) is 15.4. The van der Waals surface area contributed by atoms with E-state index in [0.29, 0.717) is 5.69 Å². The molecule has 0 saturated heterocycles. The van der Waals surface area contributed by atoms with Gasteiger partial charge in [0.25, 0.3) is 0 Å². The van der Waals surface area contributed by atoms with Crippen LogP contribution in [0.1, 0.15) is 43.2 Å². The van der Waals surface area contributed by atoms with Crippen molar-refractivity contribution in [3.8, 4) is 0 Å². The maximum Gasteiger partial charge on any atom is 0.313 e. The summed E-state index contributed by atoms with van der Waals surface area (Å²) in [5.41, 5.74) is 2.94. The Labute approximate surface area is 126 Å². The number of carbonyl (C=O) groups excluding carboxylic acids is 2. The lowest BCUT2D eigenvalue weighted by atomic mass is 9.94. The molecule has 1 aromatic carbocycles. The molecule has 2 rings (SSSR count). The van der Waals surface area contributed by atoms with Crippen LogP contribution in [0.2, 0.25) is 0 Å². The second-order valence-corrected chi connectivity index (χ2v) is 5.96. The van der Waals surface area contributed by atoms with E-state index < -0.39 is 11.8 Å². The Kier molecular flexibility index (Phi) is 4.99. The first-order valence-corrected chi connectivity index (χ1v) is 7.64. The van der Waals surface area contributed by atoms with Gasteiger partial charge >= 0.3 is 11.8 Å². The number of likely N-dealkylation sites (N-methyl/N-ethyl adjacent to an activating group) is 1. The van der Waals surface area contributed by atoms with Crippen molar-refractivity contribution >= 4 is 17.5 Å². The lowest BCUT2D eigenvalue weighted by Crippen LogP contribution is -2.44. The lowest BCUT2D eigenvalue weighted by Gasteiger charge is -2.30. The fourth-order valence-electron chi connectivity index (χ4n) is 2.80. The summed E-state index contributed by atoms with van der Waals surface area (Å²) in [4.78, 5) is 25.9. The molecule has 21 heavy (non-hydrogen) atoms. The Bertz CT molecular complexity index is 534. The molecule has 0 bridgehead atoms. The van der Waals surface area contributed by atoms with Crippen molar-refractivity contribution < 1.29 is 9.59 Å². The van der Waals surface area contributed by atoms with Gasteiger partial charge in [-0.15, -0.1) is 0 Å². The third kappa shape index (κ3) is 3.84. The van der Waals surface area contributed by atoms with Crippen molar-refractivity contribution in [2.75, 3.05) is 12.4 Å². The molecule has 2 amide bonds. The molecule has 1 saturated carbocycles. The largest absolute Gasteiger partial charge is 0.335 e. The molecule has 4 heteroatoms. The summed E-state index contributed by atoms with van der Waals surface area (Å²) in [6, 6.07) is 5.87. The quantitative estimate of drug-likeness (QED) is 0.850. The number of benzene rings is 1. The van der Waals surface area contributed by atoms with Crippen LogP contribution in [0.4, 0.5) is 5.69 Å². The highest BCUT2D eigenvalue weighted by molar-refractivity contribution is 6.39. The van der Waals surface area contributed by atoms with Gasteiger partial charge in [0.1, 0.15) is 0 Å². The van der Waals surface area contributed by atoms with Crippen LogP contribution >= 0.6 is 0 Å². The van der Waals surface area contributed by atoms with Crippen LogP contribution < -0.4 is 5.32 Å². The van der Waals surface area contributed by atoms with Crippen molar-refractivity contribution in [3.63, 3.8) is 0 Å². The van der Waals surface area contributed by atoms with Crippen LogP contribution in [0, 0.1) is 13.8 Å². The van der Waals surface area contributed by atoms with Gasteiger partial charge in [0, 0.05) is 18.8 Å². The summed E-state index contributed by atoms with van der Waals surface area (Å²) in [6.07, 6.45) is 5.51. The summed E-state index contributed by atoms with van der Waals surface area (Å²) in [5, 5.41) is 2.70. The molecule has 1 N–H and O–H groups in total. The smallest absolute Gasteiger partial charge is 0.313 e. The molecular weight excluding hydrogens is 264 g/mol. The Morgan fingerprint density at radius 1 is 1.10 bits per heavy atom. The predicted molar refractivity (Wildman–Crippen MR) is 84.2 cm³/mol. The first kappa shape index (κ1) is 15.5. The van der Waals surface area contributed by atoms with Gasteiger partial charge in [0.15, 0.2) is 0 Å². The minimum atomic E-state index is -0.550. The molecule has 4 nitrogen and oxygen atoms in total. The average Bonchev–Trinajstić information content (AvgIpc) is 2.50. The summed E-state index contributed by atoms with van der Waals surface area (Å²) in [7, 11) is 1.73. The summed E-state index contributed by atoms with van der Waals surface area (Å²) in [5.74, 6) is -0.994. The molecule has 1 aromatic rings. The first-order valence-electron chi connectivity index (χ1n) is 7.64. The van der Waals surface area contributed by atoms with Gasteiger partial charge in [-0.2, -0.15) is 0 Å². The fraction of sp³-hybridized carbons (Fsp3) is 0.529. The summed E-state index contributed by atoms with van der Waals surface area (Å²) >= 11 is 0. The molecule has 1 fully saturated rings. The van der Waals surface area contributed by atoms with Crippen molar-refractivity contribution in [1.82, 2.24) is 4.90 Å². The molecular formula is C17H24N2O2. The lowest BCUT2D eigenvalue weighted by molar-refractivity contribution is -0.144. The number of rotatable bonds is 2. The number of carbonyl (C=O) groups is 2. The van der Waals surface area contributed by atoms with Gasteiger partial charge in [-0.3, -0.25) is 9.59 Å². The molecule has 0 unspecified atom stereocenters. The van der Waals surface area contributed by atoms with Gasteiger partial charge in [0.2, 0.25) is 0 Å². The molecule has 0 heterocycles. The zero-order valence-electron chi connectivity index (χ0n) is 13.1. The normalized spacial score (nSPS) is 15.6. The molecule has 114 valence electrons. The molecule has 0 aliphatic heterocycles. The first-order chi connectivity index (χ1) is 9.99. The molecule has 0 radical (unpaired) electrons. The molecule has 0 aromatic heterocycles. The number of amides is 2. The van der Waals surface area contributed by atoms with E-state index in [2.05, 4.69) is 5.32 Å². The maximum absolute atomic E-state index is 12.2. The molecule has 0 spiro atoms. The van der Waals surface area contributed by atoms with Gasteiger partial charge in [0.05, 0.1) is 0 Å². The molecule has 1 aliphatic carbocycles. The van der Waals surface area contributed by atoms with Crippen molar-refractivity contribution in [2.24, 2.45) is 0 Å². The van der Waals surface area contributed by atoms with E-state index in [1.807, 2.05) is 32.0 Å². The number of aryl methyl sites for hydroxylation is 2. The zero-order valence-corrected chi connectivity index (χ0v) is 13.1. The van der Waals surface area contributed by atoms with Crippen LogP contribution in [0.15, 0.2) is 18.2 Å². The van der Waals surface area contributed by atoms with Gasteiger partial charge in [-0.05, 0) is 49.9 Å². The number of hydrogen-bond donors (Lipinski definition) is 1. The van der Waals surface area contributed by atoms with Crippen LogP contribution in [-0.4, -0.2) is 29.8 Å². The van der Waals surface area contributed by atoms with Crippen LogP contribution in [0.25, 0.3) is 0 Å². The van der Waals surface area contributed by atoms with E-state index in [1.165, 1.54) is 12.0 Å². The summed E-state index contributed by atoms with van der Waals surface area (Å²) < 4.78 is 0. The third-order valence-electron chi connectivity index (χ3n) is 4.40. The van der Waals surface area contributed by atoms with Crippen LogP contribution in [0.5, 0.6) is 0 Å². The fourth-order valence-corrected chi connectivity index (χ4v) is 2.80. The minimum absolute atomic E-state index is 0.205. The average molecular weight is 288 g/mol. The summed E-state index contributed by atoms with van der Waals surface area (Å²) in [6.45, 7) is 4.00. The van der Waals surface area contributed by atoms with E-state index in [0.717, 1.165) is 31.2 Å². The van der Waals surface area contributed by atoms with E-state index in [1.54, 1.807) is 11.9 Å². The Hall–Kier alpha value is -1.84. The highest BCUT2D eigenvalue weighted by Gasteiger charge is 2.26.